The van der Waals surface area contributed by atoms with Crippen LogP contribution in [0.25, 0.3) is 11.1 Å². The molecule has 7 rings (SSSR count). The highest BCUT2D eigenvalue weighted by molar-refractivity contribution is 5.95. The molecule has 3 aromatic rings. The van der Waals surface area contributed by atoms with Crippen LogP contribution in [-0.2, 0) is 30.7 Å². The van der Waals surface area contributed by atoms with Crippen molar-refractivity contribution in [3.8, 4) is 16.9 Å². The van der Waals surface area contributed by atoms with E-state index in [-0.39, 0.29) is 24.2 Å². The largest absolute Gasteiger partial charge is 0.490 e. The molecule has 2 aliphatic carbocycles. The number of aliphatic hydroxyl groups is 1. The van der Waals surface area contributed by atoms with Gasteiger partial charge in [-0.2, -0.15) is 0 Å². The molecule has 45 heavy (non-hydrogen) atoms. The molecule has 4 aliphatic rings. The van der Waals surface area contributed by atoms with Crippen LogP contribution in [0.15, 0.2) is 30.3 Å². The van der Waals surface area contributed by atoms with E-state index in [1.165, 1.54) is 18.2 Å². The van der Waals surface area contributed by atoms with Gasteiger partial charge in [-0.05, 0) is 147 Å². The summed E-state index contributed by atoms with van der Waals surface area (Å²) in [5.41, 5.74) is 8.21. The third-order valence-electron chi connectivity index (χ3n) is 8.97. The van der Waals surface area contributed by atoms with E-state index in [9.17, 15) is 19.1 Å². The standard InChI is InChI=1S/C33H31F2NO4.C4H10O/c1-17-22-6-3-11-40-32(22)27(35)13-23(17)31-24(14-28(37)38)29(18-7-8-18)25-15-36(16-26(25)30(31)19-9-10-19)33(39)20-4-2-5-21(34)12-20;1-4(2,3)5/h2,4-5,12-13,18-19H,3,6-11,14-16H2,1H3,(H,37,38);5H,1-3H3. The lowest BCUT2D eigenvalue weighted by atomic mass is 9.78. The summed E-state index contributed by atoms with van der Waals surface area (Å²) in [4.78, 5) is 27.6. The summed E-state index contributed by atoms with van der Waals surface area (Å²) in [7, 11) is 0. The number of rotatable bonds is 6. The topological polar surface area (TPSA) is 87.1 Å². The van der Waals surface area contributed by atoms with Gasteiger partial charge in [0.15, 0.2) is 11.6 Å². The monoisotopic (exact) mass is 617 g/mol. The molecule has 3 aromatic carbocycles. The number of carbonyl (C=O) groups is 2. The number of benzene rings is 3. The number of carbonyl (C=O) groups excluding carboxylic acids is 1. The van der Waals surface area contributed by atoms with Crippen LogP contribution in [0.4, 0.5) is 8.78 Å². The van der Waals surface area contributed by atoms with Crippen molar-refractivity contribution in [2.24, 2.45) is 0 Å². The Morgan fingerprint density at radius 1 is 0.978 bits per heavy atom. The molecule has 2 heterocycles. The minimum absolute atomic E-state index is 0.152. The van der Waals surface area contributed by atoms with Gasteiger partial charge in [0, 0.05) is 24.2 Å². The molecule has 0 spiro atoms. The van der Waals surface area contributed by atoms with E-state index >= 15 is 4.39 Å². The summed E-state index contributed by atoms with van der Waals surface area (Å²) < 4.78 is 35.2. The maximum Gasteiger partial charge on any atom is 0.307 e. The van der Waals surface area contributed by atoms with Crippen molar-refractivity contribution in [1.29, 1.82) is 0 Å². The lowest BCUT2D eigenvalue weighted by Gasteiger charge is -2.27. The van der Waals surface area contributed by atoms with Gasteiger partial charge in [-0.3, -0.25) is 9.59 Å². The van der Waals surface area contributed by atoms with Crippen LogP contribution in [-0.4, -0.2) is 39.2 Å². The normalized spacial score (nSPS) is 17.2. The molecule has 2 fully saturated rings. The van der Waals surface area contributed by atoms with Gasteiger partial charge in [0.05, 0.1) is 18.6 Å². The zero-order valence-electron chi connectivity index (χ0n) is 26.4. The smallest absolute Gasteiger partial charge is 0.307 e. The number of hydrogen-bond donors (Lipinski definition) is 2. The van der Waals surface area contributed by atoms with E-state index in [1.54, 1.807) is 37.8 Å². The van der Waals surface area contributed by atoms with Gasteiger partial charge in [0.2, 0.25) is 0 Å². The van der Waals surface area contributed by atoms with E-state index in [0.29, 0.717) is 31.0 Å². The molecule has 2 aliphatic heterocycles. The number of amides is 1. The Kier molecular flexibility index (Phi) is 8.23. The molecule has 2 saturated carbocycles. The lowest BCUT2D eigenvalue weighted by Crippen LogP contribution is -2.25. The van der Waals surface area contributed by atoms with E-state index in [1.807, 2.05) is 6.92 Å². The predicted octanol–water partition coefficient (Wildman–Crippen LogP) is 7.58. The van der Waals surface area contributed by atoms with Crippen LogP contribution < -0.4 is 4.74 Å². The van der Waals surface area contributed by atoms with Gasteiger partial charge in [-0.25, -0.2) is 8.78 Å². The summed E-state index contributed by atoms with van der Waals surface area (Å²) in [6.07, 6.45) is 5.25. The first-order chi connectivity index (χ1) is 21.3. The fourth-order valence-electron chi connectivity index (χ4n) is 6.95. The minimum atomic E-state index is -0.921. The minimum Gasteiger partial charge on any atom is -0.490 e. The number of hydrogen-bond acceptors (Lipinski definition) is 4. The highest BCUT2D eigenvalue weighted by atomic mass is 19.1. The molecule has 0 aromatic heterocycles. The molecule has 1 amide bonds. The molecule has 0 atom stereocenters. The van der Waals surface area contributed by atoms with Crippen molar-refractivity contribution in [2.75, 3.05) is 6.61 Å². The SMILES string of the molecule is CC(C)(C)O.Cc1c(-c2c(CC(=O)O)c(C3CC3)c3c(c2C2CC2)CN(C(=O)c2cccc(F)c2)C3)cc(F)c2c1CCCO2. The van der Waals surface area contributed by atoms with Crippen molar-refractivity contribution < 1.29 is 33.3 Å². The van der Waals surface area contributed by atoms with Crippen molar-refractivity contribution >= 4 is 11.9 Å². The fourth-order valence-corrected chi connectivity index (χ4v) is 6.95. The average Bonchev–Trinajstić information content (AvgIpc) is 3.91. The van der Waals surface area contributed by atoms with E-state index in [4.69, 9.17) is 9.84 Å². The molecule has 8 heteroatoms. The van der Waals surface area contributed by atoms with Gasteiger partial charge in [0.25, 0.3) is 5.91 Å². The van der Waals surface area contributed by atoms with Crippen molar-refractivity contribution in [3.05, 3.63) is 86.5 Å². The Labute approximate surface area is 263 Å². The Balaban J connectivity index is 0.000000664. The Hall–Kier alpha value is -3.78. The van der Waals surface area contributed by atoms with Crippen molar-refractivity contribution in [3.63, 3.8) is 0 Å². The van der Waals surface area contributed by atoms with Gasteiger partial charge in [0.1, 0.15) is 5.82 Å². The van der Waals surface area contributed by atoms with Gasteiger partial charge < -0.3 is 19.8 Å². The Morgan fingerprint density at radius 3 is 2.20 bits per heavy atom. The highest BCUT2D eigenvalue weighted by Crippen LogP contribution is 2.56. The third-order valence-corrected chi connectivity index (χ3v) is 8.97. The average molecular weight is 618 g/mol. The molecule has 0 bridgehead atoms. The number of carboxylic acid groups (broad SMARTS) is 1. The maximum absolute atomic E-state index is 15.5. The molecule has 2 N–H and O–H groups in total. The first kappa shape index (κ1) is 31.2. The van der Waals surface area contributed by atoms with Crippen LogP contribution in [0.1, 0.15) is 114 Å². The molecule has 0 radical (unpaired) electrons. The fraction of sp³-hybridized carbons (Fsp3) is 0.459. The van der Waals surface area contributed by atoms with Gasteiger partial charge in [-0.1, -0.05) is 6.07 Å². The number of fused-ring (bicyclic) bond motifs is 2. The second kappa shape index (κ2) is 11.9. The van der Waals surface area contributed by atoms with Crippen LogP contribution in [0.2, 0.25) is 0 Å². The van der Waals surface area contributed by atoms with Gasteiger partial charge in [-0.15, -0.1) is 0 Å². The molecule has 238 valence electrons. The molecule has 6 nitrogen and oxygen atoms in total. The summed E-state index contributed by atoms with van der Waals surface area (Å²) in [5.74, 6) is -1.25. The zero-order valence-corrected chi connectivity index (χ0v) is 26.4. The maximum atomic E-state index is 15.5. The van der Waals surface area contributed by atoms with Crippen LogP contribution in [0.3, 0.4) is 0 Å². The predicted molar refractivity (Wildman–Crippen MR) is 168 cm³/mol. The van der Waals surface area contributed by atoms with E-state index in [2.05, 4.69) is 0 Å². The van der Waals surface area contributed by atoms with Crippen LogP contribution in [0, 0.1) is 18.6 Å². The lowest BCUT2D eigenvalue weighted by molar-refractivity contribution is -0.136. The second-order valence-electron chi connectivity index (χ2n) is 13.9. The summed E-state index contributed by atoms with van der Waals surface area (Å²) in [6.45, 7) is 8.46. The summed E-state index contributed by atoms with van der Waals surface area (Å²) in [6, 6.07) is 7.29. The van der Waals surface area contributed by atoms with Gasteiger partial charge >= 0.3 is 5.97 Å². The Morgan fingerprint density at radius 2 is 1.60 bits per heavy atom. The third kappa shape index (κ3) is 6.48. The zero-order chi connectivity index (χ0) is 32.2. The van der Waals surface area contributed by atoms with Crippen LogP contribution in [0.5, 0.6) is 5.75 Å². The summed E-state index contributed by atoms with van der Waals surface area (Å²) >= 11 is 0. The number of nitrogens with zero attached hydrogens (tertiary/aromatic N) is 1. The number of aliphatic carboxylic acids is 1. The van der Waals surface area contributed by atoms with E-state index < -0.39 is 23.2 Å². The molecular formula is C37H41F2NO5. The number of halogens is 2. The summed E-state index contributed by atoms with van der Waals surface area (Å²) in [5, 5.41) is 18.6. The highest BCUT2D eigenvalue weighted by Gasteiger charge is 2.42. The molecule has 0 unspecified atom stereocenters. The van der Waals surface area contributed by atoms with Crippen LogP contribution >= 0.6 is 0 Å². The first-order valence-electron chi connectivity index (χ1n) is 16.0. The second-order valence-corrected chi connectivity index (χ2v) is 13.9. The number of ether oxygens (including phenoxy) is 1. The number of carboxylic acids is 1. The van der Waals surface area contributed by atoms with Crippen molar-refractivity contribution in [2.45, 2.75) is 103 Å². The Bertz CT molecular complexity index is 1680. The van der Waals surface area contributed by atoms with Crippen molar-refractivity contribution in [1.82, 2.24) is 4.90 Å². The molecular weight excluding hydrogens is 576 g/mol. The molecule has 0 saturated heterocycles. The first-order valence-corrected chi connectivity index (χ1v) is 16.0. The quantitative estimate of drug-likeness (QED) is 0.298. The van der Waals surface area contributed by atoms with E-state index in [0.717, 1.165) is 88.6 Å².